The Labute approximate surface area is 436 Å². The van der Waals surface area contributed by atoms with Gasteiger partial charge in [-0.05, 0) is 155 Å². The minimum Gasteiger partial charge on any atom is -0.289 e. The van der Waals surface area contributed by atoms with Crippen molar-refractivity contribution in [2.24, 2.45) is 0 Å². The molecule has 0 radical (unpaired) electrons. The molecule has 0 spiro atoms. The molecule has 5 heteroatoms. The predicted molar refractivity (Wildman–Crippen MR) is 309 cm³/mol. The molecule has 0 atom stereocenters. The maximum absolute atomic E-state index is 12.2. The van der Waals surface area contributed by atoms with Crippen molar-refractivity contribution in [2.45, 2.75) is 175 Å². The van der Waals surface area contributed by atoms with Crippen LogP contribution < -0.4 is 27.1 Å². The first-order chi connectivity index (χ1) is 34.7. The van der Waals surface area contributed by atoms with Gasteiger partial charge in [0.25, 0.3) is 0 Å². The molecule has 0 N–H and O–H groups in total. The van der Waals surface area contributed by atoms with E-state index in [0.29, 0.717) is 29.6 Å². The van der Waals surface area contributed by atoms with Crippen LogP contribution in [-0.2, 0) is 0 Å². The molecule has 4 aliphatic carbocycles. The van der Waals surface area contributed by atoms with Crippen molar-refractivity contribution >= 4 is 0 Å². The zero-order valence-corrected chi connectivity index (χ0v) is 44.2. The molecular formula is C68H82O5. The summed E-state index contributed by atoms with van der Waals surface area (Å²) in [5, 5.41) is 0. The normalized spacial score (nSPS) is 15.2. The monoisotopic (exact) mass is 979 g/mol. The summed E-state index contributed by atoms with van der Waals surface area (Å²) in [5.41, 5.74) is 12.5. The first-order valence-electron chi connectivity index (χ1n) is 26.8. The highest BCUT2D eigenvalue weighted by atomic mass is 16.1. The Bertz CT molecular complexity index is 3030. The van der Waals surface area contributed by atoms with Gasteiger partial charge in [-0.3, -0.25) is 24.0 Å². The van der Waals surface area contributed by atoms with E-state index in [0.717, 1.165) is 61.2 Å². The summed E-state index contributed by atoms with van der Waals surface area (Å²) in [6, 6.07) is 47.1. The minimum atomic E-state index is 0. The van der Waals surface area contributed by atoms with Crippen LogP contribution in [0.3, 0.4) is 0 Å². The standard InChI is InChI=1S/C17H18O.C14H18O.C13H16O.C12H14O.C11H12O.CH4/c1-12(2)14-8-10-15(11-9-14)16-7-5-4-6-13(3)17(16)18;1-11-7-5-6-10-13(14(11)15)12-8-3-2-4-9-12;1-10-6-2-5-9-12(13(10)14)11-7-3-4-8-11;1-9-5-2-3-8-11(12(9)13)10-6-4-7-10;1-8-4-2-3-5-10(11(8)12)9-6-7-9;/h4-12H,1-3H3;5-7,10,12H,2-4,8-9H2,1H3;2,5-6,9,11H,3-4,7-8H2,1H3;2-3,5,8,10H,4,6-7H2,1H3;2-5,9H,6-7H2,1H3;1H4. The van der Waals surface area contributed by atoms with Crippen LogP contribution in [0.15, 0.2) is 170 Å². The first-order valence-corrected chi connectivity index (χ1v) is 26.8. The molecule has 0 heterocycles. The lowest BCUT2D eigenvalue weighted by molar-refractivity contribution is 0.418. The second kappa shape index (κ2) is 28.8. The Hall–Kier alpha value is -6.33. The van der Waals surface area contributed by atoms with E-state index < -0.39 is 0 Å². The van der Waals surface area contributed by atoms with Crippen molar-refractivity contribution in [3.05, 3.63) is 252 Å². The molecule has 0 saturated heterocycles. The van der Waals surface area contributed by atoms with Gasteiger partial charge in [0.05, 0.1) is 0 Å². The molecule has 73 heavy (non-hydrogen) atoms. The van der Waals surface area contributed by atoms with Crippen molar-refractivity contribution in [2.75, 3.05) is 0 Å². The van der Waals surface area contributed by atoms with Crippen LogP contribution in [-0.4, -0.2) is 0 Å². The van der Waals surface area contributed by atoms with Gasteiger partial charge in [-0.15, -0.1) is 0 Å². The highest BCUT2D eigenvalue weighted by molar-refractivity contribution is 5.64. The number of rotatable bonds is 6. The largest absolute Gasteiger partial charge is 0.289 e. The second-order valence-corrected chi connectivity index (χ2v) is 20.9. The molecule has 6 aromatic carbocycles. The van der Waals surface area contributed by atoms with E-state index in [9.17, 15) is 24.0 Å². The second-order valence-electron chi connectivity index (χ2n) is 20.9. The molecule has 0 aromatic heterocycles. The summed E-state index contributed by atoms with van der Waals surface area (Å²) in [7, 11) is 0. The molecule has 0 bridgehead atoms. The van der Waals surface area contributed by atoms with Gasteiger partial charge < -0.3 is 0 Å². The molecule has 4 aliphatic rings. The Morgan fingerprint density at radius 3 is 0.890 bits per heavy atom. The third kappa shape index (κ3) is 16.6. The number of aryl methyl sites for hydroxylation is 5. The van der Waals surface area contributed by atoms with Crippen LogP contribution in [0.25, 0.3) is 11.1 Å². The van der Waals surface area contributed by atoms with Gasteiger partial charge in [-0.1, -0.05) is 205 Å². The molecule has 0 aliphatic heterocycles. The summed E-state index contributed by atoms with van der Waals surface area (Å²) in [5.74, 6) is 2.65. The fraction of sp³-hybridized carbons (Fsp3) is 0.397. The lowest BCUT2D eigenvalue weighted by Gasteiger charge is -2.24. The molecule has 10 rings (SSSR count). The average molecular weight is 979 g/mol. The van der Waals surface area contributed by atoms with Crippen molar-refractivity contribution in [3.63, 3.8) is 0 Å². The Kier molecular flexibility index (Phi) is 22.7. The van der Waals surface area contributed by atoms with Crippen molar-refractivity contribution in [1.29, 1.82) is 0 Å². The Morgan fingerprint density at radius 1 is 0.315 bits per heavy atom. The van der Waals surface area contributed by atoms with E-state index in [1.54, 1.807) is 0 Å². The summed E-state index contributed by atoms with van der Waals surface area (Å²) in [4.78, 5) is 59.7. The highest BCUT2D eigenvalue weighted by Gasteiger charge is 2.26. The van der Waals surface area contributed by atoms with Gasteiger partial charge in [0, 0.05) is 27.8 Å². The summed E-state index contributed by atoms with van der Waals surface area (Å²) in [6.45, 7) is 13.8. The van der Waals surface area contributed by atoms with Crippen LogP contribution in [0.5, 0.6) is 0 Å². The van der Waals surface area contributed by atoms with Gasteiger partial charge >= 0.3 is 0 Å². The molecule has 0 amide bonds. The quantitative estimate of drug-likeness (QED) is 0.166. The van der Waals surface area contributed by atoms with E-state index in [1.807, 2.05) is 168 Å². The van der Waals surface area contributed by atoms with E-state index in [1.165, 1.54) is 95.5 Å². The van der Waals surface area contributed by atoms with E-state index in [4.69, 9.17) is 0 Å². The zero-order valence-electron chi connectivity index (χ0n) is 44.2. The van der Waals surface area contributed by atoms with Crippen LogP contribution in [0.4, 0.5) is 0 Å². The zero-order chi connectivity index (χ0) is 51.6. The molecule has 0 unspecified atom stereocenters. The summed E-state index contributed by atoms with van der Waals surface area (Å²) >= 11 is 0. The molecule has 4 saturated carbocycles. The maximum atomic E-state index is 12.2. The third-order valence-electron chi connectivity index (χ3n) is 15.0. The molecule has 6 aromatic rings. The highest BCUT2D eigenvalue weighted by Crippen LogP contribution is 2.38. The smallest absolute Gasteiger partial charge is 0.189 e. The molecule has 384 valence electrons. The fourth-order valence-corrected chi connectivity index (χ4v) is 9.99. The maximum Gasteiger partial charge on any atom is 0.189 e. The van der Waals surface area contributed by atoms with E-state index >= 15 is 0 Å². The summed E-state index contributed by atoms with van der Waals surface area (Å²) in [6.07, 6.45) is 17.3. The van der Waals surface area contributed by atoms with Crippen LogP contribution in [0, 0.1) is 34.6 Å². The predicted octanol–water partition coefficient (Wildman–Crippen LogP) is 16.1. The minimum absolute atomic E-state index is 0. The average Bonchev–Trinajstić information content (AvgIpc) is 4.20. The van der Waals surface area contributed by atoms with Gasteiger partial charge in [-0.25, -0.2) is 0 Å². The Balaban J connectivity index is 0.000000170. The van der Waals surface area contributed by atoms with Gasteiger partial charge in [-0.2, -0.15) is 0 Å². The lowest BCUT2D eigenvalue weighted by atomic mass is 9.80. The number of hydrogen-bond acceptors (Lipinski definition) is 5. The SMILES string of the molecule is C.Cc1ccccc(-c2ccc(C(C)C)cc2)c1=O.Cc1ccccc(C2CC2)c1=O.Cc1ccccc(C2CCC2)c1=O.Cc1ccccc(C2CCCC2)c1=O.Cc1ccccc(C2CCCCC2)c1=O. The van der Waals surface area contributed by atoms with Crippen molar-refractivity contribution < 1.29 is 0 Å². The molecule has 4 fully saturated rings. The number of hydrogen-bond donors (Lipinski definition) is 0. The van der Waals surface area contributed by atoms with Crippen LogP contribution in [0.2, 0.25) is 0 Å². The van der Waals surface area contributed by atoms with E-state index in [-0.39, 0.29) is 34.6 Å². The van der Waals surface area contributed by atoms with Crippen molar-refractivity contribution in [3.8, 4) is 11.1 Å². The van der Waals surface area contributed by atoms with Crippen LogP contribution in [0.1, 0.15) is 196 Å². The molecular weight excluding hydrogens is 897 g/mol. The topological polar surface area (TPSA) is 85.3 Å². The Morgan fingerprint density at radius 2 is 0.589 bits per heavy atom. The summed E-state index contributed by atoms with van der Waals surface area (Å²) < 4.78 is 0. The third-order valence-corrected chi connectivity index (χ3v) is 15.0. The van der Waals surface area contributed by atoms with Gasteiger partial charge in [0.1, 0.15) is 0 Å². The van der Waals surface area contributed by atoms with Gasteiger partial charge in [0.15, 0.2) is 27.1 Å². The van der Waals surface area contributed by atoms with Crippen LogP contribution >= 0.6 is 0 Å². The lowest BCUT2D eigenvalue weighted by Crippen LogP contribution is -2.18. The van der Waals surface area contributed by atoms with E-state index in [2.05, 4.69) is 26.0 Å². The number of benzene rings is 1. The van der Waals surface area contributed by atoms with Gasteiger partial charge in [0.2, 0.25) is 0 Å². The fourth-order valence-electron chi connectivity index (χ4n) is 9.99. The van der Waals surface area contributed by atoms with Crippen molar-refractivity contribution in [1.82, 2.24) is 0 Å². The molecule has 5 nitrogen and oxygen atoms in total. The first kappa shape index (κ1) is 57.6.